The van der Waals surface area contributed by atoms with E-state index in [9.17, 15) is 5.11 Å². The van der Waals surface area contributed by atoms with Crippen LogP contribution in [0.25, 0.3) is 0 Å². The first-order valence-electron chi connectivity index (χ1n) is 4.76. The topological polar surface area (TPSA) is 20.2 Å². The van der Waals surface area contributed by atoms with E-state index in [1.165, 1.54) is 31.2 Å². The summed E-state index contributed by atoms with van der Waals surface area (Å²) >= 11 is 6.05. The molecule has 0 spiro atoms. The highest BCUT2D eigenvalue weighted by molar-refractivity contribution is 6.31. The molecule has 1 nitrogen and oxygen atoms in total. The highest BCUT2D eigenvalue weighted by Crippen LogP contribution is 2.38. The van der Waals surface area contributed by atoms with Crippen molar-refractivity contribution in [2.45, 2.75) is 31.6 Å². The van der Waals surface area contributed by atoms with Crippen molar-refractivity contribution in [3.63, 3.8) is 0 Å². The Balaban J connectivity index is 2.29. The molecular weight excluding hydrogens is 184 g/mol. The van der Waals surface area contributed by atoms with Gasteiger partial charge in [-0.25, -0.2) is 0 Å². The fourth-order valence-electron chi connectivity index (χ4n) is 2.08. The second-order valence-electron chi connectivity index (χ2n) is 3.69. The first-order valence-corrected chi connectivity index (χ1v) is 5.13. The van der Waals surface area contributed by atoms with Gasteiger partial charge in [0.2, 0.25) is 0 Å². The molecule has 13 heavy (non-hydrogen) atoms. The summed E-state index contributed by atoms with van der Waals surface area (Å²) in [5.41, 5.74) is 1.21. The number of hydrogen-bond donors (Lipinski definition) is 1. The molecule has 1 aromatic rings. The van der Waals surface area contributed by atoms with Crippen molar-refractivity contribution < 1.29 is 5.11 Å². The highest BCUT2D eigenvalue weighted by Gasteiger charge is 2.19. The van der Waals surface area contributed by atoms with E-state index in [-0.39, 0.29) is 5.75 Å². The summed E-state index contributed by atoms with van der Waals surface area (Å²) in [4.78, 5) is 0. The Hall–Kier alpha value is -0.690. The SMILES string of the molecule is Oc1ccc(C2CCCC2)c(Cl)c1. The van der Waals surface area contributed by atoms with Gasteiger partial charge in [0, 0.05) is 5.02 Å². The lowest BCUT2D eigenvalue weighted by Crippen LogP contribution is -1.92. The van der Waals surface area contributed by atoms with Crippen molar-refractivity contribution in [1.82, 2.24) is 0 Å². The van der Waals surface area contributed by atoms with Crippen LogP contribution < -0.4 is 0 Å². The molecule has 0 radical (unpaired) electrons. The summed E-state index contributed by atoms with van der Waals surface area (Å²) < 4.78 is 0. The summed E-state index contributed by atoms with van der Waals surface area (Å²) in [6.07, 6.45) is 5.10. The summed E-state index contributed by atoms with van der Waals surface area (Å²) in [5.74, 6) is 0.875. The van der Waals surface area contributed by atoms with Crippen LogP contribution in [-0.2, 0) is 0 Å². The van der Waals surface area contributed by atoms with Gasteiger partial charge in [-0.2, -0.15) is 0 Å². The largest absolute Gasteiger partial charge is 0.508 e. The molecule has 70 valence electrons. The number of benzene rings is 1. The third-order valence-corrected chi connectivity index (χ3v) is 3.11. The van der Waals surface area contributed by atoms with E-state index in [0.717, 1.165) is 0 Å². The second kappa shape index (κ2) is 3.59. The van der Waals surface area contributed by atoms with Crippen LogP contribution in [0.5, 0.6) is 5.75 Å². The molecule has 0 aromatic heterocycles. The van der Waals surface area contributed by atoms with E-state index < -0.39 is 0 Å². The number of phenols is 1. The van der Waals surface area contributed by atoms with Crippen LogP contribution in [0.4, 0.5) is 0 Å². The molecule has 1 aliphatic carbocycles. The molecule has 1 N–H and O–H groups in total. The van der Waals surface area contributed by atoms with Crippen LogP contribution >= 0.6 is 11.6 Å². The maximum atomic E-state index is 9.20. The lowest BCUT2D eigenvalue weighted by atomic mass is 9.98. The third-order valence-electron chi connectivity index (χ3n) is 2.78. The van der Waals surface area contributed by atoms with Gasteiger partial charge in [-0.1, -0.05) is 30.5 Å². The van der Waals surface area contributed by atoms with E-state index in [0.29, 0.717) is 10.9 Å². The summed E-state index contributed by atoms with van der Waals surface area (Å²) in [6, 6.07) is 5.31. The van der Waals surface area contributed by atoms with Crippen molar-refractivity contribution in [2.75, 3.05) is 0 Å². The summed E-state index contributed by atoms with van der Waals surface area (Å²) in [6.45, 7) is 0. The fraction of sp³-hybridized carbons (Fsp3) is 0.455. The number of rotatable bonds is 1. The van der Waals surface area contributed by atoms with Gasteiger partial charge in [0.25, 0.3) is 0 Å². The normalized spacial score (nSPS) is 17.9. The minimum atomic E-state index is 0.256. The van der Waals surface area contributed by atoms with Crippen LogP contribution in [0, 0.1) is 0 Å². The molecule has 1 saturated carbocycles. The molecule has 0 aliphatic heterocycles. The van der Waals surface area contributed by atoms with Gasteiger partial charge < -0.3 is 5.11 Å². The van der Waals surface area contributed by atoms with Crippen molar-refractivity contribution in [1.29, 1.82) is 0 Å². The number of phenolic OH excluding ortho intramolecular Hbond substituents is 1. The number of halogens is 1. The van der Waals surface area contributed by atoms with Crippen molar-refractivity contribution >= 4 is 11.6 Å². The lowest BCUT2D eigenvalue weighted by Gasteiger charge is -2.11. The Kier molecular flexibility index (Phi) is 2.45. The zero-order chi connectivity index (χ0) is 9.26. The van der Waals surface area contributed by atoms with E-state index in [1.54, 1.807) is 12.1 Å². The Bertz CT molecular complexity index is 303. The molecule has 0 bridgehead atoms. The second-order valence-corrected chi connectivity index (χ2v) is 4.09. The molecule has 2 heteroatoms. The standard InChI is InChI=1S/C11H13ClO/c12-11-7-9(13)5-6-10(11)8-3-1-2-4-8/h5-8,13H,1-4H2. The molecule has 1 fully saturated rings. The van der Waals surface area contributed by atoms with Gasteiger partial charge in [-0.05, 0) is 36.5 Å². The quantitative estimate of drug-likeness (QED) is 0.726. The first kappa shape index (κ1) is 8.89. The van der Waals surface area contributed by atoms with Gasteiger partial charge in [-0.15, -0.1) is 0 Å². The predicted molar refractivity (Wildman–Crippen MR) is 54.3 cm³/mol. The molecule has 0 heterocycles. The van der Waals surface area contributed by atoms with Gasteiger partial charge >= 0.3 is 0 Å². The van der Waals surface area contributed by atoms with E-state index in [4.69, 9.17) is 11.6 Å². The number of hydrogen-bond acceptors (Lipinski definition) is 1. The van der Waals surface area contributed by atoms with Crippen molar-refractivity contribution in [2.24, 2.45) is 0 Å². The molecular formula is C11H13ClO. The average Bonchev–Trinajstić information content (AvgIpc) is 2.56. The van der Waals surface area contributed by atoms with Gasteiger partial charge in [0.05, 0.1) is 0 Å². The van der Waals surface area contributed by atoms with E-state index in [2.05, 4.69) is 0 Å². The summed E-state index contributed by atoms with van der Waals surface area (Å²) in [5, 5.41) is 9.91. The highest BCUT2D eigenvalue weighted by atomic mass is 35.5. The van der Waals surface area contributed by atoms with Crippen LogP contribution in [0.15, 0.2) is 18.2 Å². The number of aromatic hydroxyl groups is 1. The minimum absolute atomic E-state index is 0.256. The van der Waals surface area contributed by atoms with Crippen LogP contribution in [0.1, 0.15) is 37.2 Å². The van der Waals surface area contributed by atoms with Gasteiger partial charge in [-0.3, -0.25) is 0 Å². The van der Waals surface area contributed by atoms with Crippen molar-refractivity contribution in [3.05, 3.63) is 28.8 Å². The predicted octanol–water partition coefficient (Wildman–Crippen LogP) is 3.70. The van der Waals surface area contributed by atoms with Crippen LogP contribution in [-0.4, -0.2) is 5.11 Å². The summed E-state index contributed by atoms with van der Waals surface area (Å²) in [7, 11) is 0. The monoisotopic (exact) mass is 196 g/mol. The maximum Gasteiger partial charge on any atom is 0.117 e. The minimum Gasteiger partial charge on any atom is -0.508 e. The molecule has 0 unspecified atom stereocenters. The zero-order valence-electron chi connectivity index (χ0n) is 7.46. The Morgan fingerprint density at radius 1 is 1.23 bits per heavy atom. The van der Waals surface area contributed by atoms with Crippen LogP contribution in [0.3, 0.4) is 0 Å². The molecule has 1 aliphatic rings. The van der Waals surface area contributed by atoms with Crippen molar-refractivity contribution in [3.8, 4) is 5.75 Å². The van der Waals surface area contributed by atoms with E-state index >= 15 is 0 Å². The fourth-order valence-corrected chi connectivity index (χ4v) is 2.41. The average molecular weight is 197 g/mol. The molecule has 1 aromatic carbocycles. The lowest BCUT2D eigenvalue weighted by molar-refractivity contribution is 0.475. The zero-order valence-corrected chi connectivity index (χ0v) is 8.22. The third kappa shape index (κ3) is 1.80. The molecule has 0 amide bonds. The smallest absolute Gasteiger partial charge is 0.117 e. The van der Waals surface area contributed by atoms with Gasteiger partial charge in [0.15, 0.2) is 0 Å². The molecule has 2 rings (SSSR count). The molecule has 0 atom stereocenters. The molecule has 0 saturated heterocycles. The Morgan fingerprint density at radius 2 is 1.92 bits per heavy atom. The Morgan fingerprint density at radius 3 is 2.54 bits per heavy atom. The van der Waals surface area contributed by atoms with Crippen LogP contribution in [0.2, 0.25) is 5.02 Å². The Labute approximate surface area is 83.3 Å². The maximum absolute atomic E-state index is 9.20. The van der Waals surface area contributed by atoms with Gasteiger partial charge in [0.1, 0.15) is 5.75 Å². The first-order chi connectivity index (χ1) is 6.27. The van der Waals surface area contributed by atoms with E-state index in [1.807, 2.05) is 6.07 Å².